The zero-order valence-electron chi connectivity index (χ0n) is 11.8. The van der Waals surface area contributed by atoms with Crippen molar-refractivity contribution < 1.29 is 19.1 Å². The maximum Gasteiger partial charge on any atom is 0.371 e. The summed E-state index contributed by atoms with van der Waals surface area (Å²) >= 11 is 1.53. The predicted octanol–water partition coefficient (Wildman–Crippen LogP) is 4.11. The zero-order valence-corrected chi connectivity index (χ0v) is 12.6. The Hall–Kier alpha value is -2.01. The van der Waals surface area contributed by atoms with Crippen LogP contribution >= 0.6 is 11.8 Å². The molecule has 2 rings (SSSR count). The normalized spacial score (nSPS) is 10.8. The fourth-order valence-corrected chi connectivity index (χ4v) is 2.57. The van der Waals surface area contributed by atoms with Crippen LogP contribution in [0.15, 0.2) is 45.7 Å². The molecule has 0 aliphatic heterocycles. The average Bonchev–Trinajstić information content (AvgIpc) is 2.94. The van der Waals surface area contributed by atoms with Gasteiger partial charge in [0.2, 0.25) is 5.76 Å². The smallest absolute Gasteiger partial charge is 0.371 e. The van der Waals surface area contributed by atoms with E-state index in [9.17, 15) is 9.59 Å². The molecule has 0 unspecified atom stereocenters. The molecule has 1 N–H and O–H groups in total. The number of aromatic carboxylic acids is 1. The number of rotatable bonds is 6. The maximum absolute atomic E-state index is 11.8. The molecule has 0 bridgehead atoms. The molecule has 0 spiro atoms. The Morgan fingerprint density at radius 1 is 1.14 bits per heavy atom. The highest BCUT2D eigenvalue weighted by atomic mass is 32.2. The second-order valence-electron chi connectivity index (χ2n) is 4.90. The van der Waals surface area contributed by atoms with Crippen molar-refractivity contribution in [2.24, 2.45) is 5.92 Å². The second kappa shape index (κ2) is 6.63. The molecule has 21 heavy (non-hydrogen) atoms. The first kappa shape index (κ1) is 15.4. The minimum atomic E-state index is -1.07. The number of furan rings is 1. The molecular weight excluding hydrogens is 288 g/mol. The van der Waals surface area contributed by atoms with Crippen LogP contribution in [0.2, 0.25) is 0 Å². The van der Waals surface area contributed by atoms with Crippen molar-refractivity contribution in [3.05, 3.63) is 53.5 Å². The van der Waals surface area contributed by atoms with Crippen LogP contribution in [0, 0.1) is 5.92 Å². The highest BCUT2D eigenvalue weighted by Crippen LogP contribution is 2.24. The van der Waals surface area contributed by atoms with Gasteiger partial charge in [-0.1, -0.05) is 26.0 Å². The molecule has 4 nitrogen and oxygen atoms in total. The van der Waals surface area contributed by atoms with E-state index in [1.807, 2.05) is 38.1 Å². The molecule has 0 atom stereocenters. The number of hydrogen-bond acceptors (Lipinski definition) is 4. The van der Waals surface area contributed by atoms with Crippen LogP contribution in [-0.4, -0.2) is 16.9 Å². The molecule has 5 heteroatoms. The topological polar surface area (TPSA) is 67.5 Å². The van der Waals surface area contributed by atoms with Gasteiger partial charge in [0.1, 0.15) is 5.76 Å². The summed E-state index contributed by atoms with van der Waals surface area (Å²) in [6.07, 6.45) is 0. The summed E-state index contributed by atoms with van der Waals surface area (Å²) in [5, 5.41) is 8.78. The first-order valence-corrected chi connectivity index (χ1v) is 7.55. The summed E-state index contributed by atoms with van der Waals surface area (Å²) in [7, 11) is 0. The monoisotopic (exact) mass is 304 g/mol. The number of carboxylic acid groups (broad SMARTS) is 1. The molecule has 0 aliphatic rings. The summed E-state index contributed by atoms with van der Waals surface area (Å²) in [6.45, 7) is 3.75. The molecule has 0 radical (unpaired) electrons. The summed E-state index contributed by atoms with van der Waals surface area (Å²) in [5.74, 6) is 0.154. The van der Waals surface area contributed by atoms with Gasteiger partial charge in [0, 0.05) is 16.4 Å². The van der Waals surface area contributed by atoms with Gasteiger partial charge >= 0.3 is 5.97 Å². The van der Waals surface area contributed by atoms with Gasteiger partial charge in [0.25, 0.3) is 0 Å². The number of hydrogen-bond donors (Lipinski definition) is 1. The molecule has 0 fully saturated rings. The minimum Gasteiger partial charge on any atom is -0.475 e. The summed E-state index contributed by atoms with van der Waals surface area (Å²) < 4.78 is 5.19. The van der Waals surface area contributed by atoms with Crippen molar-refractivity contribution in [1.82, 2.24) is 0 Å². The average molecular weight is 304 g/mol. The van der Waals surface area contributed by atoms with Gasteiger partial charge < -0.3 is 9.52 Å². The van der Waals surface area contributed by atoms with E-state index in [4.69, 9.17) is 9.52 Å². The molecule has 0 saturated carbocycles. The number of carbonyl (C=O) groups excluding carboxylic acids is 1. The molecule has 0 aliphatic carbocycles. The highest BCUT2D eigenvalue weighted by Gasteiger charge is 2.11. The fourth-order valence-electron chi connectivity index (χ4n) is 1.77. The number of thioether (sulfide) groups is 1. The van der Waals surface area contributed by atoms with Crippen molar-refractivity contribution in [3.8, 4) is 0 Å². The van der Waals surface area contributed by atoms with E-state index in [1.54, 1.807) is 6.07 Å². The first-order valence-electron chi connectivity index (χ1n) is 6.56. The second-order valence-corrected chi connectivity index (χ2v) is 5.95. The van der Waals surface area contributed by atoms with Crippen LogP contribution in [0.4, 0.5) is 0 Å². The largest absolute Gasteiger partial charge is 0.475 e. The number of carboxylic acids is 1. The highest BCUT2D eigenvalue weighted by molar-refractivity contribution is 7.98. The van der Waals surface area contributed by atoms with Gasteiger partial charge in [-0.15, -0.1) is 11.8 Å². The Morgan fingerprint density at radius 3 is 2.33 bits per heavy atom. The lowest BCUT2D eigenvalue weighted by Gasteiger charge is -2.05. The van der Waals surface area contributed by atoms with Crippen molar-refractivity contribution in [2.75, 3.05) is 0 Å². The van der Waals surface area contributed by atoms with Gasteiger partial charge in [0.15, 0.2) is 5.78 Å². The van der Waals surface area contributed by atoms with E-state index in [-0.39, 0.29) is 17.5 Å². The Balaban J connectivity index is 1.97. The number of benzene rings is 1. The minimum absolute atomic E-state index is 0.0129. The Morgan fingerprint density at radius 2 is 1.81 bits per heavy atom. The van der Waals surface area contributed by atoms with E-state index in [2.05, 4.69) is 0 Å². The van der Waals surface area contributed by atoms with E-state index >= 15 is 0 Å². The van der Waals surface area contributed by atoms with Crippen LogP contribution in [0.5, 0.6) is 0 Å². The SMILES string of the molecule is CC(C)C(=O)c1ccc(SCc2ccc(C(=O)O)o2)cc1. The van der Waals surface area contributed by atoms with Crippen molar-refractivity contribution in [2.45, 2.75) is 24.5 Å². The van der Waals surface area contributed by atoms with Gasteiger partial charge in [-0.25, -0.2) is 4.79 Å². The molecule has 0 amide bonds. The predicted molar refractivity (Wildman–Crippen MR) is 80.8 cm³/mol. The van der Waals surface area contributed by atoms with Gasteiger partial charge in [-0.05, 0) is 24.3 Å². The van der Waals surface area contributed by atoms with Gasteiger partial charge in [0.05, 0.1) is 5.75 Å². The van der Waals surface area contributed by atoms with Crippen LogP contribution < -0.4 is 0 Å². The Labute approximate surface area is 127 Å². The molecule has 1 aromatic carbocycles. The quantitative estimate of drug-likeness (QED) is 0.642. The first-order chi connectivity index (χ1) is 9.97. The van der Waals surface area contributed by atoms with Crippen molar-refractivity contribution in [1.29, 1.82) is 0 Å². The van der Waals surface area contributed by atoms with Crippen LogP contribution in [0.3, 0.4) is 0 Å². The fraction of sp³-hybridized carbons (Fsp3) is 0.250. The van der Waals surface area contributed by atoms with E-state index in [1.165, 1.54) is 17.8 Å². The van der Waals surface area contributed by atoms with E-state index in [0.717, 1.165) is 4.90 Å². The zero-order chi connectivity index (χ0) is 15.4. The number of carbonyl (C=O) groups is 2. The summed E-state index contributed by atoms with van der Waals surface area (Å²) in [6, 6.07) is 10.5. The van der Waals surface area contributed by atoms with Crippen LogP contribution in [0.1, 0.15) is 40.5 Å². The molecule has 110 valence electrons. The van der Waals surface area contributed by atoms with Gasteiger partial charge in [-0.2, -0.15) is 0 Å². The standard InChI is InChI=1S/C16H16O4S/c1-10(2)15(17)11-3-6-13(7-4-11)21-9-12-5-8-14(20-12)16(18)19/h3-8,10H,9H2,1-2H3,(H,18,19). The third-order valence-corrected chi connectivity index (χ3v) is 3.95. The summed E-state index contributed by atoms with van der Waals surface area (Å²) in [5.41, 5.74) is 0.709. The molecule has 2 aromatic rings. The summed E-state index contributed by atoms with van der Waals surface area (Å²) in [4.78, 5) is 23.5. The molecule has 1 aromatic heterocycles. The number of Topliss-reactive ketones (excluding diaryl/α,β-unsaturated/α-hetero) is 1. The van der Waals surface area contributed by atoms with Crippen LogP contribution in [0.25, 0.3) is 0 Å². The van der Waals surface area contributed by atoms with E-state index < -0.39 is 5.97 Å². The molecular formula is C16H16O4S. The molecule has 1 heterocycles. The molecule has 0 saturated heterocycles. The number of ketones is 1. The van der Waals surface area contributed by atoms with E-state index in [0.29, 0.717) is 17.1 Å². The lowest BCUT2D eigenvalue weighted by molar-refractivity contribution is 0.0660. The lowest BCUT2D eigenvalue weighted by Crippen LogP contribution is -2.06. The maximum atomic E-state index is 11.8. The van der Waals surface area contributed by atoms with Crippen molar-refractivity contribution in [3.63, 3.8) is 0 Å². The third kappa shape index (κ3) is 3.98. The lowest BCUT2D eigenvalue weighted by atomic mass is 10.0. The third-order valence-electron chi connectivity index (χ3n) is 2.92. The van der Waals surface area contributed by atoms with Crippen LogP contribution in [-0.2, 0) is 5.75 Å². The Kier molecular flexibility index (Phi) is 4.85. The Bertz CT molecular complexity index is 641. The van der Waals surface area contributed by atoms with Crippen molar-refractivity contribution >= 4 is 23.5 Å². The van der Waals surface area contributed by atoms with Gasteiger partial charge in [-0.3, -0.25) is 4.79 Å².